The first kappa shape index (κ1) is 16.4. The first-order valence-electron chi connectivity index (χ1n) is 8.30. The smallest absolute Gasteiger partial charge is 0.180 e. The van der Waals surface area contributed by atoms with Crippen LogP contribution in [0.15, 0.2) is 78.9 Å². The zero-order chi connectivity index (χ0) is 17.2. The summed E-state index contributed by atoms with van der Waals surface area (Å²) in [6.45, 7) is 4.27. The number of aliphatic hydroxyl groups is 1. The quantitative estimate of drug-likeness (QED) is 0.847. The van der Waals surface area contributed by atoms with Crippen molar-refractivity contribution in [2.75, 3.05) is 0 Å². The molecule has 2 heteroatoms. The largest absolute Gasteiger partial charge is 0.387 e. The first-order valence-corrected chi connectivity index (χ1v) is 8.30. The minimum absolute atomic E-state index is 0.0894. The lowest BCUT2D eigenvalue weighted by molar-refractivity contribution is 0.0768. The van der Waals surface area contributed by atoms with Crippen molar-refractivity contribution in [1.29, 1.82) is 0 Å². The minimum Gasteiger partial charge on any atom is -0.387 e. The van der Waals surface area contributed by atoms with Gasteiger partial charge in [-0.2, -0.15) is 0 Å². The van der Waals surface area contributed by atoms with Gasteiger partial charge in [0, 0.05) is 5.56 Å². The Labute approximate surface area is 143 Å². The second-order valence-corrected chi connectivity index (χ2v) is 6.53. The van der Waals surface area contributed by atoms with Crippen molar-refractivity contribution >= 4 is 5.78 Å². The highest BCUT2D eigenvalue weighted by molar-refractivity contribution is 6.06. The van der Waals surface area contributed by atoms with Crippen LogP contribution in [0.4, 0.5) is 0 Å². The number of carbonyl (C=O) groups is 1. The average Bonchev–Trinajstić information content (AvgIpc) is 2.62. The van der Waals surface area contributed by atoms with Crippen LogP contribution in [-0.2, 0) is 5.41 Å². The fraction of sp³-hybridized carbons (Fsp3) is 0.227. The molecule has 0 saturated heterocycles. The summed E-state index contributed by atoms with van der Waals surface area (Å²) in [4.78, 5) is 13.3. The van der Waals surface area contributed by atoms with Crippen LogP contribution in [0.3, 0.4) is 0 Å². The molecule has 2 aromatic carbocycles. The topological polar surface area (TPSA) is 37.3 Å². The van der Waals surface area contributed by atoms with Gasteiger partial charge >= 0.3 is 0 Å². The van der Waals surface area contributed by atoms with E-state index in [0.29, 0.717) is 11.5 Å². The zero-order valence-electron chi connectivity index (χ0n) is 14.0. The van der Waals surface area contributed by atoms with Crippen molar-refractivity contribution in [2.45, 2.75) is 31.3 Å². The molecule has 0 bridgehead atoms. The molecule has 0 aliphatic heterocycles. The van der Waals surface area contributed by atoms with Crippen LogP contribution in [0.1, 0.15) is 41.3 Å². The molecule has 0 aromatic heterocycles. The van der Waals surface area contributed by atoms with E-state index in [1.165, 1.54) is 5.56 Å². The Morgan fingerprint density at radius 1 is 1.00 bits per heavy atom. The predicted octanol–water partition coefficient (Wildman–Crippen LogP) is 4.42. The molecule has 122 valence electrons. The van der Waals surface area contributed by atoms with Crippen molar-refractivity contribution < 1.29 is 9.90 Å². The van der Waals surface area contributed by atoms with Crippen LogP contribution < -0.4 is 0 Å². The summed E-state index contributed by atoms with van der Waals surface area (Å²) >= 11 is 0. The third-order valence-corrected chi connectivity index (χ3v) is 4.70. The van der Waals surface area contributed by atoms with Crippen LogP contribution in [-0.4, -0.2) is 17.0 Å². The Morgan fingerprint density at radius 2 is 1.67 bits per heavy atom. The number of hydrogen-bond donors (Lipinski definition) is 1. The lowest BCUT2D eigenvalue weighted by Crippen LogP contribution is -2.45. The van der Waals surface area contributed by atoms with Crippen LogP contribution in [0, 0.1) is 0 Å². The highest BCUT2D eigenvalue weighted by Crippen LogP contribution is 2.37. The van der Waals surface area contributed by atoms with Crippen molar-refractivity contribution in [3.05, 3.63) is 95.6 Å². The Bertz CT molecular complexity index is 769. The van der Waals surface area contributed by atoms with Gasteiger partial charge in [-0.3, -0.25) is 4.79 Å². The molecule has 0 saturated carbocycles. The maximum atomic E-state index is 13.3. The number of allylic oxidation sites excluding steroid dienone is 2. The van der Waals surface area contributed by atoms with E-state index in [9.17, 15) is 9.90 Å². The van der Waals surface area contributed by atoms with Crippen molar-refractivity contribution in [3.8, 4) is 0 Å². The molecule has 0 amide bonds. The average molecular weight is 318 g/mol. The number of hydrogen-bond acceptors (Lipinski definition) is 2. The monoisotopic (exact) mass is 318 g/mol. The molecular formula is C22H22O2. The van der Waals surface area contributed by atoms with Gasteiger partial charge in [0.05, 0.1) is 6.10 Å². The van der Waals surface area contributed by atoms with E-state index in [0.717, 1.165) is 5.56 Å². The molecule has 0 heterocycles. The lowest BCUT2D eigenvalue weighted by Gasteiger charge is -2.35. The summed E-state index contributed by atoms with van der Waals surface area (Å²) in [6.07, 6.45) is 6.22. The SMILES string of the molecule is CC(C)c1ccc(C2(C(=O)c3ccccc3)C=CC=CC2O)cc1. The Kier molecular flexibility index (Phi) is 4.50. The lowest BCUT2D eigenvalue weighted by atomic mass is 9.68. The number of aliphatic hydroxyl groups excluding tert-OH is 1. The number of rotatable bonds is 4. The van der Waals surface area contributed by atoms with Gasteiger partial charge in [0.25, 0.3) is 0 Å². The summed E-state index contributed by atoms with van der Waals surface area (Å²) < 4.78 is 0. The summed E-state index contributed by atoms with van der Waals surface area (Å²) in [5, 5.41) is 10.7. The summed E-state index contributed by atoms with van der Waals surface area (Å²) in [5.74, 6) is 0.333. The van der Waals surface area contributed by atoms with Gasteiger partial charge < -0.3 is 5.11 Å². The van der Waals surface area contributed by atoms with Gasteiger partial charge in [-0.1, -0.05) is 92.7 Å². The van der Waals surface area contributed by atoms with Gasteiger partial charge in [0.1, 0.15) is 5.41 Å². The van der Waals surface area contributed by atoms with E-state index in [-0.39, 0.29) is 5.78 Å². The standard InChI is InChI=1S/C22H22O2/c1-16(2)17-11-13-19(14-12-17)22(15-7-6-10-20(22)23)21(24)18-8-4-3-5-9-18/h3-16,20,23H,1-2H3. The molecular weight excluding hydrogens is 296 g/mol. The third kappa shape index (κ3) is 2.74. The van der Waals surface area contributed by atoms with Crippen molar-refractivity contribution in [1.82, 2.24) is 0 Å². The molecule has 1 aliphatic rings. The summed E-state index contributed by atoms with van der Waals surface area (Å²) in [6, 6.07) is 17.2. The van der Waals surface area contributed by atoms with E-state index in [2.05, 4.69) is 13.8 Å². The molecule has 24 heavy (non-hydrogen) atoms. The van der Waals surface area contributed by atoms with E-state index in [1.807, 2.05) is 54.6 Å². The Morgan fingerprint density at radius 3 is 2.25 bits per heavy atom. The zero-order valence-corrected chi connectivity index (χ0v) is 14.0. The van der Waals surface area contributed by atoms with Gasteiger partial charge in [-0.15, -0.1) is 0 Å². The van der Waals surface area contributed by atoms with E-state index < -0.39 is 11.5 Å². The van der Waals surface area contributed by atoms with E-state index in [1.54, 1.807) is 24.3 Å². The van der Waals surface area contributed by atoms with Crippen LogP contribution >= 0.6 is 0 Å². The van der Waals surface area contributed by atoms with Crippen LogP contribution in [0.5, 0.6) is 0 Å². The van der Waals surface area contributed by atoms with Crippen LogP contribution in [0.25, 0.3) is 0 Å². The molecule has 3 rings (SSSR count). The van der Waals surface area contributed by atoms with Gasteiger partial charge in [-0.25, -0.2) is 0 Å². The molecule has 0 spiro atoms. The van der Waals surface area contributed by atoms with Gasteiger partial charge in [0.15, 0.2) is 5.78 Å². The molecule has 2 nitrogen and oxygen atoms in total. The predicted molar refractivity (Wildman–Crippen MR) is 97.3 cm³/mol. The second-order valence-electron chi connectivity index (χ2n) is 6.53. The molecule has 1 N–H and O–H groups in total. The van der Waals surface area contributed by atoms with E-state index in [4.69, 9.17) is 0 Å². The highest BCUT2D eigenvalue weighted by Gasteiger charge is 2.44. The number of ketones is 1. The van der Waals surface area contributed by atoms with Gasteiger partial charge in [-0.05, 0) is 17.0 Å². The van der Waals surface area contributed by atoms with Gasteiger partial charge in [0.2, 0.25) is 0 Å². The molecule has 2 aromatic rings. The van der Waals surface area contributed by atoms with E-state index >= 15 is 0 Å². The fourth-order valence-corrected chi connectivity index (χ4v) is 3.21. The molecule has 2 atom stereocenters. The normalized spacial score (nSPS) is 22.8. The molecule has 0 fully saturated rings. The molecule has 0 radical (unpaired) electrons. The molecule has 1 aliphatic carbocycles. The maximum absolute atomic E-state index is 13.3. The molecule has 2 unspecified atom stereocenters. The Balaban J connectivity index is 2.12. The van der Waals surface area contributed by atoms with Crippen LogP contribution in [0.2, 0.25) is 0 Å². The highest BCUT2D eigenvalue weighted by atomic mass is 16.3. The Hall–Kier alpha value is -2.45. The minimum atomic E-state index is -1.08. The maximum Gasteiger partial charge on any atom is 0.180 e. The third-order valence-electron chi connectivity index (χ3n) is 4.70. The fourth-order valence-electron chi connectivity index (χ4n) is 3.21. The number of carbonyl (C=O) groups excluding carboxylic acids is 1. The number of Topliss-reactive ketones (excluding diaryl/α,β-unsaturated/α-hetero) is 1. The summed E-state index contributed by atoms with van der Waals surface area (Å²) in [5.41, 5.74) is 1.55. The van der Waals surface area contributed by atoms with Crippen molar-refractivity contribution in [2.24, 2.45) is 0 Å². The number of benzene rings is 2. The second kappa shape index (κ2) is 6.58. The van der Waals surface area contributed by atoms with Crippen molar-refractivity contribution in [3.63, 3.8) is 0 Å². The first-order chi connectivity index (χ1) is 11.6. The summed E-state index contributed by atoms with van der Waals surface area (Å²) in [7, 11) is 0.